The van der Waals surface area contributed by atoms with Crippen LogP contribution in [-0.4, -0.2) is 56.0 Å². The van der Waals surface area contributed by atoms with Crippen molar-refractivity contribution >= 4 is 52.1 Å². The van der Waals surface area contributed by atoms with Gasteiger partial charge in [0.05, 0.1) is 27.5 Å². The first-order valence-electron chi connectivity index (χ1n) is 13.4. The summed E-state index contributed by atoms with van der Waals surface area (Å²) in [5.74, 6) is -1.21. The molecule has 210 valence electrons. The Labute approximate surface area is 243 Å². The van der Waals surface area contributed by atoms with Crippen LogP contribution in [0.3, 0.4) is 0 Å². The minimum atomic E-state index is -0.633. The van der Waals surface area contributed by atoms with Crippen molar-refractivity contribution in [2.45, 2.75) is 31.8 Å². The molecule has 0 radical (unpaired) electrons. The highest BCUT2D eigenvalue weighted by Gasteiger charge is 2.24. The zero-order valence-electron chi connectivity index (χ0n) is 22.2. The van der Waals surface area contributed by atoms with E-state index in [1.54, 1.807) is 18.2 Å². The second-order valence-corrected chi connectivity index (χ2v) is 11.1. The lowest BCUT2D eigenvalue weighted by Gasteiger charge is -2.30. The van der Waals surface area contributed by atoms with Crippen LogP contribution in [0.4, 0.5) is 21.5 Å². The number of hydrogen-bond acceptors (Lipinski definition) is 5. The van der Waals surface area contributed by atoms with Crippen molar-refractivity contribution < 1.29 is 18.7 Å². The fraction of sp³-hybridized carbons (Fsp3) is 0.333. The zero-order valence-corrected chi connectivity index (χ0v) is 23.7. The van der Waals surface area contributed by atoms with Crippen LogP contribution >= 0.6 is 23.2 Å². The number of likely N-dealkylation sites (tertiary alicyclic amines) is 1. The Bertz CT molecular complexity index is 1410. The van der Waals surface area contributed by atoms with Crippen LogP contribution in [0.15, 0.2) is 54.6 Å². The van der Waals surface area contributed by atoms with Gasteiger partial charge in [0.25, 0.3) is 11.8 Å². The third-order valence-electron chi connectivity index (χ3n) is 7.29. The minimum Gasteiger partial charge on any atom is -0.489 e. The van der Waals surface area contributed by atoms with Crippen LogP contribution in [0.2, 0.25) is 10.0 Å². The third kappa shape index (κ3) is 6.69. The van der Waals surface area contributed by atoms with Crippen LogP contribution in [0, 0.1) is 5.82 Å². The molecule has 0 bridgehead atoms. The minimum absolute atomic E-state index is 0.00661. The van der Waals surface area contributed by atoms with E-state index in [9.17, 15) is 14.0 Å². The third-order valence-corrected chi connectivity index (χ3v) is 7.84. The van der Waals surface area contributed by atoms with Gasteiger partial charge in [-0.1, -0.05) is 23.2 Å². The molecule has 2 aliphatic rings. The molecule has 0 aromatic heterocycles. The predicted octanol–water partition coefficient (Wildman–Crippen LogP) is 6.71. The highest BCUT2D eigenvalue weighted by atomic mass is 35.5. The molecule has 2 saturated heterocycles. The van der Waals surface area contributed by atoms with E-state index in [0.717, 1.165) is 63.6 Å². The zero-order chi connectivity index (χ0) is 28.2. The van der Waals surface area contributed by atoms with E-state index >= 15 is 0 Å². The first-order chi connectivity index (χ1) is 19.3. The summed E-state index contributed by atoms with van der Waals surface area (Å²) in [4.78, 5) is 31.3. The molecule has 2 aliphatic heterocycles. The smallest absolute Gasteiger partial charge is 0.259 e. The quantitative estimate of drug-likeness (QED) is 0.323. The van der Waals surface area contributed by atoms with E-state index in [0.29, 0.717) is 22.0 Å². The highest BCUT2D eigenvalue weighted by Crippen LogP contribution is 2.32. The summed E-state index contributed by atoms with van der Waals surface area (Å²) < 4.78 is 20.6. The van der Waals surface area contributed by atoms with Crippen LogP contribution in [0.5, 0.6) is 5.75 Å². The monoisotopic (exact) mass is 584 g/mol. The van der Waals surface area contributed by atoms with Gasteiger partial charge >= 0.3 is 0 Å². The number of carbonyl (C=O) groups excluding carboxylic acids is 2. The van der Waals surface area contributed by atoms with E-state index in [4.69, 9.17) is 27.9 Å². The van der Waals surface area contributed by atoms with Crippen molar-refractivity contribution in [3.8, 4) is 5.75 Å². The van der Waals surface area contributed by atoms with E-state index in [2.05, 4.69) is 27.5 Å². The number of rotatable bonds is 7. The Morgan fingerprint density at radius 1 is 0.850 bits per heavy atom. The molecule has 2 amide bonds. The molecule has 2 N–H and O–H groups in total. The highest BCUT2D eigenvalue weighted by molar-refractivity contribution is 6.37. The number of benzene rings is 3. The van der Waals surface area contributed by atoms with Crippen LogP contribution in [0.1, 0.15) is 46.4 Å². The van der Waals surface area contributed by atoms with Gasteiger partial charge in [0.2, 0.25) is 0 Å². The molecule has 2 heterocycles. The fourth-order valence-corrected chi connectivity index (χ4v) is 5.49. The first-order valence-corrected chi connectivity index (χ1v) is 14.1. The molecule has 2 fully saturated rings. The largest absolute Gasteiger partial charge is 0.489 e. The van der Waals surface area contributed by atoms with E-state index in [1.165, 1.54) is 18.2 Å². The van der Waals surface area contributed by atoms with Gasteiger partial charge in [-0.2, -0.15) is 0 Å². The van der Waals surface area contributed by atoms with Crippen molar-refractivity contribution in [3.63, 3.8) is 0 Å². The second kappa shape index (κ2) is 12.5. The van der Waals surface area contributed by atoms with Gasteiger partial charge in [-0.25, -0.2) is 4.39 Å². The molecule has 0 unspecified atom stereocenters. The van der Waals surface area contributed by atoms with E-state index in [-0.39, 0.29) is 22.4 Å². The van der Waals surface area contributed by atoms with Gasteiger partial charge in [-0.15, -0.1) is 0 Å². The van der Waals surface area contributed by atoms with Crippen molar-refractivity contribution in [3.05, 3.63) is 81.6 Å². The van der Waals surface area contributed by atoms with Gasteiger partial charge in [-0.3, -0.25) is 9.59 Å². The maximum atomic E-state index is 14.2. The molecule has 3 aromatic rings. The number of halogens is 3. The average Bonchev–Trinajstić information content (AvgIpc) is 3.48. The Hall–Kier alpha value is -3.33. The van der Waals surface area contributed by atoms with Crippen molar-refractivity contribution in [2.75, 3.05) is 48.8 Å². The summed E-state index contributed by atoms with van der Waals surface area (Å²) in [7, 11) is 2.08. The number of ether oxygens (including phenoxy) is 1. The molecule has 7 nitrogen and oxygen atoms in total. The van der Waals surface area contributed by atoms with Gasteiger partial charge in [0, 0.05) is 43.0 Å². The molecule has 0 saturated carbocycles. The summed E-state index contributed by atoms with van der Waals surface area (Å²) in [5.41, 5.74) is 1.77. The lowest BCUT2D eigenvalue weighted by Crippen LogP contribution is -2.36. The van der Waals surface area contributed by atoms with E-state index < -0.39 is 17.6 Å². The van der Waals surface area contributed by atoms with Gasteiger partial charge in [-0.05, 0) is 81.3 Å². The molecule has 0 spiro atoms. The molecule has 0 aliphatic carbocycles. The number of amides is 2. The molecule has 40 heavy (non-hydrogen) atoms. The van der Waals surface area contributed by atoms with Crippen molar-refractivity contribution in [1.29, 1.82) is 0 Å². The summed E-state index contributed by atoms with van der Waals surface area (Å²) in [6.07, 6.45) is 3.98. The second-order valence-electron chi connectivity index (χ2n) is 10.2. The molecule has 10 heteroatoms. The number of nitrogens with one attached hydrogen (secondary N) is 2. The summed E-state index contributed by atoms with van der Waals surface area (Å²) >= 11 is 12.1. The van der Waals surface area contributed by atoms with Crippen LogP contribution < -0.4 is 20.3 Å². The standard InChI is InChI=1S/C30H31Cl2FN4O3/c1-36-14-10-22(11-15-36)40-28-18-21(37-12-2-3-13-37)6-7-23(28)29(38)34-26-9-5-20(33)17-24(26)30(39)35-27-8-4-19(31)16-25(27)32/h4-9,16-18,22H,2-3,10-15H2,1H3,(H,34,38)(H,35,39). The number of nitrogens with zero attached hydrogens (tertiary/aromatic N) is 2. The van der Waals surface area contributed by atoms with Gasteiger partial charge in [0.1, 0.15) is 17.7 Å². The Balaban J connectivity index is 1.40. The number of piperidine rings is 1. The Morgan fingerprint density at radius 2 is 1.52 bits per heavy atom. The summed E-state index contributed by atoms with van der Waals surface area (Å²) in [6, 6.07) is 13.8. The van der Waals surface area contributed by atoms with E-state index in [1.807, 2.05) is 12.1 Å². The molecule has 0 atom stereocenters. The maximum Gasteiger partial charge on any atom is 0.259 e. The van der Waals surface area contributed by atoms with Crippen LogP contribution in [-0.2, 0) is 0 Å². The average molecular weight is 586 g/mol. The summed E-state index contributed by atoms with van der Waals surface area (Å²) in [6.45, 7) is 3.77. The number of hydrogen-bond donors (Lipinski definition) is 2. The SMILES string of the molecule is CN1CCC(Oc2cc(N3CCCC3)ccc2C(=O)Nc2ccc(F)cc2C(=O)Nc2ccc(Cl)cc2Cl)CC1. The Kier molecular flexibility index (Phi) is 8.78. The molecule has 5 rings (SSSR count). The molecular weight excluding hydrogens is 554 g/mol. The lowest BCUT2D eigenvalue weighted by molar-refractivity contribution is 0.0989. The topological polar surface area (TPSA) is 73.9 Å². The Morgan fingerprint density at radius 3 is 2.25 bits per heavy atom. The number of carbonyl (C=O) groups is 2. The first kappa shape index (κ1) is 28.2. The van der Waals surface area contributed by atoms with Crippen molar-refractivity contribution in [1.82, 2.24) is 4.90 Å². The fourth-order valence-electron chi connectivity index (χ4n) is 5.03. The van der Waals surface area contributed by atoms with Crippen LogP contribution in [0.25, 0.3) is 0 Å². The predicted molar refractivity (Wildman–Crippen MR) is 158 cm³/mol. The maximum absolute atomic E-state index is 14.2. The van der Waals surface area contributed by atoms with Crippen molar-refractivity contribution in [2.24, 2.45) is 0 Å². The number of anilines is 3. The molecular formula is C30H31Cl2FN4O3. The lowest BCUT2D eigenvalue weighted by atomic mass is 10.1. The van der Waals surface area contributed by atoms with Gasteiger partial charge < -0.3 is 25.2 Å². The van der Waals surface area contributed by atoms with Gasteiger partial charge in [0.15, 0.2) is 0 Å². The molecule has 3 aromatic carbocycles. The normalized spacial score (nSPS) is 16.1. The summed E-state index contributed by atoms with van der Waals surface area (Å²) in [5, 5.41) is 6.10.